The highest BCUT2D eigenvalue weighted by atomic mass is 19.1. The van der Waals surface area contributed by atoms with Crippen LogP contribution in [0.5, 0.6) is 0 Å². The second-order valence-electron chi connectivity index (χ2n) is 13.5. The number of hydrogen-bond donors (Lipinski definition) is 2. The molecule has 0 spiro atoms. The summed E-state index contributed by atoms with van der Waals surface area (Å²) in [6.07, 6.45) is 13.7. The van der Waals surface area contributed by atoms with Crippen molar-refractivity contribution in [3.05, 3.63) is 22.5 Å². The molecule has 2 N–H and O–H groups in total. The Morgan fingerprint density at radius 1 is 0.975 bits per heavy atom. The second-order valence-corrected chi connectivity index (χ2v) is 13.5. The molecule has 4 fully saturated rings. The van der Waals surface area contributed by atoms with Crippen LogP contribution in [0.1, 0.15) is 168 Å². The minimum Gasteiger partial charge on any atom is -0.462 e. The first-order valence-electron chi connectivity index (χ1n) is 16.4. The van der Waals surface area contributed by atoms with Gasteiger partial charge in [-0.15, -0.1) is 0 Å². The van der Waals surface area contributed by atoms with Gasteiger partial charge in [-0.25, -0.2) is 4.39 Å². The number of ether oxygens (including phenoxy) is 1. The number of carbonyl (C=O) groups excluding carboxylic acids is 2. The van der Waals surface area contributed by atoms with E-state index in [9.17, 15) is 19.1 Å². The van der Waals surface area contributed by atoms with Crippen molar-refractivity contribution in [1.82, 2.24) is 9.88 Å². The molecule has 1 aromatic rings. The van der Waals surface area contributed by atoms with Gasteiger partial charge in [0.05, 0.1) is 18.1 Å². The first-order chi connectivity index (χ1) is 19.3. The number of nitrogens with zero attached hydrogens (tertiary/aromatic N) is 1. The summed E-state index contributed by atoms with van der Waals surface area (Å²) < 4.78 is 22.4. The Kier molecular flexibility index (Phi) is 9.91. The number of hydrogen-bond acceptors (Lipinski definition) is 4. The Morgan fingerprint density at radius 3 is 2.25 bits per heavy atom. The minimum absolute atomic E-state index is 0.0618. The zero-order chi connectivity index (χ0) is 28.2. The maximum atomic E-state index is 14.4. The predicted octanol–water partition coefficient (Wildman–Crippen LogP) is 7.17. The average Bonchev–Trinajstić information content (AvgIpc) is 3.28. The zero-order valence-electron chi connectivity index (χ0n) is 24.8. The van der Waals surface area contributed by atoms with Crippen molar-refractivity contribution in [2.24, 2.45) is 0 Å². The van der Waals surface area contributed by atoms with E-state index >= 15 is 0 Å². The van der Waals surface area contributed by atoms with Crippen LogP contribution in [0.25, 0.3) is 0 Å². The fourth-order valence-corrected chi connectivity index (χ4v) is 8.14. The van der Waals surface area contributed by atoms with Crippen LogP contribution in [0.2, 0.25) is 0 Å². The van der Waals surface area contributed by atoms with Crippen molar-refractivity contribution in [3.8, 4) is 0 Å². The molecule has 5 rings (SSSR count). The number of aliphatic hydroxyl groups excluding tert-OH is 1. The molecule has 0 aromatic carbocycles. The highest BCUT2D eigenvalue weighted by Gasteiger charge is 2.38. The Hall–Kier alpha value is -1.89. The van der Waals surface area contributed by atoms with Gasteiger partial charge in [-0.05, 0) is 74.7 Å². The highest BCUT2D eigenvalue weighted by molar-refractivity contribution is 5.98. The second kappa shape index (κ2) is 13.4. The molecule has 1 saturated heterocycles. The topological polar surface area (TPSA) is 80.6 Å². The van der Waals surface area contributed by atoms with Gasteiger partial charge in [-0.2, -0.15) is 0 Å². The average molecular weight is 559 g/mol. The van der Waals surface area contributed by atoms with Crippen LogP contribution in [0.15, 0.2) is 0 Å². The van der Waals surface area contributed by atoms with Crippen LogP contribution in [0.3, 0.4) is 0 Å². The first-order valence-corrected chi connectivity index (χ1v) is 16.4. The summed E-state index contributed by atoms with van der Waals surface area (Å²) >= 11 is 0. The van der Waals surface area contributed by atoms with Crippen molar-refractivity contribution >= 4 is 11.9 Å². The van der Waals surface area contributed by atoms with Gasteiger partial charge in [-0.3, -0.25) is 9.59 Å². The van der Waals surface area contributed by atoms with E-state index in [1.807, 2.05) is 0 Å². The summed E-state index contributed by atoms with van der Waals surface area (Å²) in [5.41, 5.74) is 4.50. The lowest BCUT2D eigenvalue weighted by atomic mass is 9.77. The van der Waals surface area contributed by atoms with Gasteiger partial charge in [0, 0.05) is 36.8 Å². The Morgan fingerprint density at radius 2 is 1.62 bits per heavy atom. The molecule has 7 heteroatoms. The van der Waals surface area contributed by atoms with Crippen LogP contribution >= 0.6 is 0 Å². The van der Waals surface area contributed by atoms with Crippen molar-refractivity contribution in [1.29, 1.82) is 0 Å². The molecule has 40 heavy (non-hydrogen) atoms. The van der Waals surface area contributed by atoms with Crippen LogP contribution in [0, 0.1) is 0 Å². The van der Waals surface area contributed by atoms with Gasteiger partial charge in [0.25, 0.3) is 5.91 Å². The molecule has 3 saturated carbocycles. The number of rotatable bonds is 8. The standard InChI is InChI=1S/C33H51FN2O4/c1-21(2)31-30(33(39)35-25-11-7-4-8-12-25)29(22-9-5-3-6-10-22)32(23-13-15-24(34)16-14-23)36(31)18-17-27-19-26(37)20-28(38)40-27/h21-27,37H,3-20H2,1-2H3,(H,35,39)/t23?,24?,26-,27-/m1/s1. The molecule has 1 aromatic heterocycles. The summed E-state index contributed by atoms with van der Waals surface area (Å²) in [7, 11) is 0. The normalized spacial score (nSPS) is 29.0. The van der Waals surface area contributed by atoms with Gasteiger partial charge in [-0.1, -0.05) is 52.4 Å². The van der Waals surface area contributed by atoms with Gasteiger partial charge in [0.1, 0.15) is 12.3 Å². The number of aromatic nitrogens is 1. The molecule has 4 aliphatic rings. The van der Waals surface area contributed by atoms with Gasteiger partial charge in [0.15, 0.2) is 0 Å². The third kappa shape index (κ3) is 6.77. The van der Waals surface area contributed by atoms with Gasteiger partial charge < -0.3 is 19.7 Å². The van der Waals surface area contributed by atoms with E-state index in [4.69, 9.17) is 4.74 Å². The van der Waals surface area contributed by atoms with Gasteiger partial charge in [0.2, 0.25) is 0 Å². The van der Waals surface area contributed by atoms with E-state index in [-0.39, 0.29) is 42.3 Å². The minimum atomic E-state index is -0.737. The lowest BCUT2D eigenvalue weighted by Gasteiger charge is -2.31. The summed E-state index contributed by atoms with van der Waals surface area (Å²) in [6.45, 7) is 5.00. The van der Waals surface area contributed by atoms with E-state index in [2.05, 4.69) is 23.7 Å². The molecule has 2 heterocycles. The Bertz CT molecular complexity index is 1020. The summed E-state index contributed by atoms with van der Waals surface area (Å²) in [4.78, 5) is 26.4. The molecule has 1 aliphatic heterocycles. The Labute approximate surface area is 239 Å². The summed E-state index contributed by atoms with van der Waals surface area (Å²) in [6, 6.07) is 0.234. The first kappa shape index (κ1) is 29.6. The molecule has 2 atom stereocenters. The maximum absolute atomic E-state index is 14.4. The lowest BCUT2D eigenvalue weighted by Crippen LogP contribution is -2.37. The quantitative estimate of drug-likeness (QED) is 0.331. The molecule has 0 bridgehead atoms. The van der Waals surface area contributed by atoms with Gasteiger partial charge >= 0.3 is 5.97 Å². The number of amides is 1. The monoisotopic (exact) mass is 558 g/mol. The van der Waals surface area contributed by atoms with E-state index in [0.29, 0.717) is 38.1 Å². The van der Waals surface area contributed by atoms with E-state index < -0.39 is 12.3 Å². The number of alkyl halides is 1. The molecule has 224 valence electrons. The van der Waals surface area contributed by atoms with E-state index in [1.54, 1.807) is 0 Å². The fourth-order valence-electron chi connectivity index (χ4n) is 8.14. The number of esters is 1. The number of halogens is 1. The van der Waals surface area contributed by atoms with Crippen molar-refractivity contribution in [2.75, 3.05) is 0 Å². The van der Waals surface area contributed by atoms with Crippen LogP contribution in [-0.2, 0) is 16.1 Å². The highest BCUT2D eigenvalue weighted by Crippen LogP contribution is 2.47. The van der Waals surface area contributed by atoms with Crippen molar-refractivity contribution in [3.63, 3.8) is 0 Å². The molecular weight excluding hydrogens is 507 g/mol. The van der Waals surface area contributed by atoms with Crippen LogP contribution < -0.4 is 5.32 Å². The molecule has 0 radical (unpaired) electrons. The molecular formula is C33H51FN2O4. The number of carbonyl (C=O) groups is 2. The summed E-state index contributed by atoms with van der Waals surface area (Å²) in [5.74, 6) is 0.469. The largest absolute Gasteiger partial charge is 0.462 e. The number of nitrogens with one attached hydrogen (secondary N) is 1. The maximum Gasteiger partial charge on any atom is 0.308 e. The molecule has 0 unspecified atom stereocenters. The lowest BCUT2D eigenvalue weighted by molar-refractivity contribution is -0.160. The van der Waals surface area contributed by atoms with Crippen LogP contribution in [0.4, 0.5) is 4.39 Å². The van der Waals surface area contributed by atoms with Crippen LogP contribution in [-0.4, -0.2) is 46.0 Å². The summed E-state index contributed by atoms with van der Waals surface area (Å²) in [5, 5.41) is 13.7. The fraction of sp³-hybridized carbons (Fsp3) is 0.818. The third-order valence-corrected chi connectivity index (χ3v) is 10.1. The van der Waals surface area contributed by atoms with Crippen molar-refractivity contribution < 1.29 is 23.8 Å². The number of cyclic esters (lactones) is 1. The van der Waals surface area contributed by atoms with E-state index in [0.717, 1.165) is 49.8 Å². The third-order valence-electron chi connectivity index (χ3n) is 10.1. The zero-order valence-corrected chi connectivity index (χ0v) is 24.8. The molecule has 3 aliphatic carbocycles. The van der Waals surface area contributed by atoms with E-state index in [1.165, 1.54) is 49.8 Å². The predicted molar refractivity (Wildman–Crippen MR) is 155 cm³/mol. The Balaban J connectivity index is 1.58. The molecule has 6 nitrogen and oxygen atoms in total. The molecule has 1 amide bonds. The SMILES string of the molecule is CC(C)c1c(C(=O)NC2CCCCC2)c(C2CCCCC2)c(C2CCC(F)CC2)n1CC[C@@H]1C[C@@H](O)CC(=O)O1. The number of aliphatic hydroxyl groups is 1. The smallest absolute Gasteiger partial charge is 0.308 e. The van der Waals surface area contributed by atoms with Crippen molar-refractivity contribution in [2.45, 2.75) is 172 Å².